The highest BCUT2D eigenvalue weighted by Gasteiger charge is 2.37. The summed E-state index contributed by atoms with van der Waals surface area (Å²) in [6, 6.07) is 0. The van der Waals surface area contributed by atoms with Crippen LogP contribution in [0.15, 0.2) is 0 Å². The summed E-state index contributed by atoms with van der Waals surface area (Å²) in [6.45, 7) is 5.75. The van der Waals surface area contributed by atoms with Gasteiger partial charge in [0.25, 0.3) is 0 Å². The molecule has 0 radical (unpaired) electrons. The van der Waals surface area contributed by atoms with Crippen molar-refractivity contribution in [3.05, 3.63) is 0 Å². The number of rotatable bonds is 4. The molecule has 0 aromatic rings. The lowest BCUT2D eigenvalue weighted by atomic mass is 9.71. The first kappa shape index (κ1) is 12.9. The van der Waals surface area contributed by atoms with Crippen molar-refractivity contribution in [1.82, 2.24) is 0 Å². The topological polar surface area (TPSA) is 9.23 Å². The molecule has 0 aromatic heterocycles. The first-order valence-electron chi connectivity index (χ1n) is 6.83. The van der Waals surface area contributed by atoms with E-state index in [4.69, 9.17) is 4.74 Å². The smallest absolute Gasteiger partial charge is 0.0578 e. The van der Waals surface area contributed by atoms with Gasteiger partial charge in [0.1, 0.15) is 0 Å². The van der Waals surface area contributed by atoms with Gasteiger partial charge in [0.05, 0.1) is 12.7 Å². The molecular formula is C14H25BrO. The molecule has 0 bridgehead atoms. The van der Waals surface area contributed by atoms with Gasteiger partial charge in [0.2, 0.25) is 0 Å². The zero-order valence-electron chi connectivity index (χ0n) is 10.7. The minimum absolute atomic E-state index is 0.492. The quantitative estimate of drug-likeness (QED) is 0.697. The van der Waals surface area contributed by atoms with Gasteiger partial charge in [-0.1, -0.05) is 36.2 Å². The van der Waals surface area contributed by atoms with Crippen LogP contribution in [0.4, 0.5) is 0 Å². The van der Waals surface area contributed by atoms with Crippen molar-refractivity contribution in [2.24, 2.45) is 17.3 Å². The summed E-state index contributed by atoms with van der Waals surface area (Å²) in [5, 5.41) is 1.12. The van der Waals surface area contributed by atoms with E-state index in [1.807, 2.05) is 0 Å². The predicted molar refractivity (Wildman–Crippen MR) is 72.0 cm³/mol. The maximum Gasteiger partial charge on any atom is 0.0578 e. The van der Waals surface area contributed by atoms with Crippen LogP contribution < -0.4 is 0 Å². The molecular weight excluding hydrogens is 264 g/mol. The molecule has 0 aromatic carbocycles. The second kappa shape index (κ2) is 5.39. The van der Waals surface area contributed by atoms with Crippen LogP contribution in [0.1, 0.15) is 52.4 Å². The summed E-state index contributed by atoms with van der Waals surface area (Å²) in [4.78, 5) is 0. The Morgan fingerprint density at radius 3 is 2.44 bits per heavy atom. The Labute approximate surface area is 108 Å². The number of hydrogen-bond donors (Lipinski definition) is 0. The SMILES string of the molecule is CC1CCC(OCC2(CBr)CCC2)CC1C. The van der Waals surface area contributed by atoms with E-state index >= 15 is 0 Å². The molecule has 2 fully saturated rings. The molecule has 0 saturated heterocycles. The number of hydrogen-bond acceptors (Lipinski definition) is 1. The molecule has 0 amide bonds. The first-order valence-corrected chi connectivity index (χ1v) is 7.95. The van der Waals surface area contributed by atoms with Gasteiger partial charge in [-0.2, -0.15) is 0 Å². The normalized spacial score (nSPS) is 38.1. The van der Waals surface area contributed by atoms with Crippen molar-refractivity contribution in [3.63, 3.8) is 0 Å². The molecule has 94 valence electrons. The highest BCUT2D eigenvalue weighted by atomic mass is 79.9. The highest BCUT2D eigenvalue weighted by molar-refractivity contribution is 9.09. The minimum Gasteiger partial charge on any atom is -0.378 e. The Morgan fingerprint density at radius 1 is 1.19 bits per heavy atom. The zero-order valence-corrected chi connectivity index (χ0v) is 12.3. The third-order valence-electron chi connectivity index (χ3n) is 4.87. The fourth-order valence-corrected chi connectivity index (χ4v) is 3.66. The molecule has 0 aliphatic heterocycles. The fourth-order valence-electron chi connectivity index (χ4n) is 2.94. The van der Waals surface area contributed by atoms with Crippen LogP contribution in [-0.4, -0.2) is 18.0 Å². The lowest BCUT2D eigenvalue weighted by molar-refractivity contribution is -0.0575. The van der Waals surface area contributed by atoms with Crippen LogP contribution in [0.2, 0.25) is 0 Å². The Hall–Kier alpha value is 0.440. The van der Waals surface area contributed by atoms with Gasteiger partial charge in [0, 0.05) is 10.7 Å². The monoisotopic (exact) mass is 288 g/mol. The number of halogens is 1. The second-order valence-corrected chi connectivity index (χ2v) is 6.75. The average molecular weight is 289 g/mol. The standard InChI is InChI=1S/C14H25BrO/c1-11-4-5-13(8-12(11)2)16-10-14(9-15)6-3-7-14/h11-13H,3-10H2,1-2H3. The Morgan fingerprint density at radius 2 is 1.94 bits per heavy atom. The molecule has 0 N–H and O–H groups in total. The molecule has 2 saturated carbocycles. The van der Waals surface area contributed by atoms with Crippen LogP contribution in [0.3, 0.4) is 0 Å². The van der Waals surface area contributed by atoms with E-state index in [1.54, 1.807) is 0 Å². The average Bonchev–Trinajstić information content (AvgIpc) is 2.22. The lowest BCUT2D eigenvalue weighted by Gasteiger charge is -2.42. The van der Waals surface area contributed by atoms with Crippen LogP contribution >= 0.6 is 15.9 Å². The largest absolute Gasteiger partial charge is 0.378 e. The molecule has 16 heavy (non-hydrogen) atoms. The van der Waals surface area contributed by atoms with Crippen molar-refractivity contribution >= 4 is 15.9 Å². The molecule has 2 heteroatoms. The van der Waals surface area contributed by atoms with Gasteiger partial charge < -0.3 is 4.74 Å². The Balaban J connectivity index is 1.74. The van der Waals surface area contributed by atoms with E-state index in [9.17, 15) is 0 Å². The van der Waals surface area contributed by atoms with Gasteiger partial charge in [0.15, 0.2) is 0 Å². The molecule has 3 atom stereocenters. The van der Waals surface area contributed by atoms with E-state index < -0.39 is 0 Å². The van der Waals surface area contributed by atoms with Crippen LogP contribution in [0.25, 0.3) is 0 Å². The maximum absolute atomic E-state index is 6.17. The van der Waals surface area contributed by atoms with Crippen LogP contribution in [0.5, 0.6) is 0 Å². The molecule has 2 aliphatic rings. The molecule has 1 nitrogen and oxygen atoms in total. The molecule has 2 rings (SSSR count). The van der Waals surface area contributed by atoms with Gasteiger partial charge >= 0.3 is 0 Å². The zero-order chi connectivity index (χ0) is 11.6. The maximum atomic E-state index is 6.17. The van der Waals surface area contributed by atoms with Gasteiger partial charge in [-0.25, -0.2) is 0 Å². The van der Waals surface area contributed by atoms with Crippen molar-refractivity contribution in [2.75, 3.05) is 11.9 Å². The van der Waals surface area contributed by atoms with Crippen LogP contribution in [0, 0.1) is 17.3 Å². The van der Waals surface area contributed by atoms with Gasteiger partial charge in [-0.3, -0.25) is 0 Å². The Kier molecular flexibility index (Phi) is 4.34. The Bertz CT molecular complexity index is 219. The summed E-state index contributed by atoms with van der Waals surface area (Å²) in [7, 11) is 0. The molecule has 2 aliphatic carbocycles. The highest BCUT2D eigenvalue weighted by Crippen LogP contribution is 2.43. The minimum atomic E-state index is 0.492. The van der Waals surface area contributed by atoms with E-state index in [1.165, 1.54) is 38.5 Å². The van der Waals surface area contributed by atoms with Gasteiger partial charge in [-0.15, -0.1) is 0 Å². The third kappa shape index (κ3) is 2.81. The van der Waals surface area contributed by atoms with E-state index in [0.29, 0.717) is 11.5 Å². The second-order valence-electron chi connectivity index (χ2n) is 6.19. The third-order valence-corrected chi connectivity index (χ3v) is 6.06. The van der Waals surface area contributed by atoms with E-state index in [-0.39, 0.29) is 0 Å². The van der Waals surface area contributed by atoms with Crippen molar-refractivity contribution in [1.29, 1.82) is 0 Å². The van der Waals surface area contributed by atoms with Crippen molar-refractivity contribution in [3.8, 4) is 0 Å². The predicted octanol–water partition coefficient (Wildman–Crippen LogP) is 4.39. The summed E-state index contributed by atoms with van der Waals surface area (Å²) < 4.78 is 6.17. The van der Waals surface area contributed by atoms with Crippen molar-refractivity contribution in [2.45, 2.75) is 58.5 Å². The summed E-state index contributed by atoms with van der Waals surface area (Å²) in [5.41, 5.74) is 0.492. The fraction of sp³-hybridized carbons (Fsp3) is 1.00. The number of ether oxygens (including phenoxy) is 1. The van der Waals surface area contributed by atoms with Crippen molar-refractivity contribution < 1.29 is 4.74 Å². The summed E-state index contributed by atoms with van der Waals surface area (Å²) in [6.07, 6.45) is 8.57. The first-order chi connectivity index (χ1) is 7.65. The van der Waals surface area contributed by atoms with Gasteiger partial charge in [-0.05, 0) is 43.9 Å². The summed E-state index contributed by atoms with van der Waals surface area (Å²) >= 11 is 3.65. The molecule has 0 heterocycles. The van der Waals surface area contributed by atoms with Crippen LogP contribution in [-0.2, 0) is 4.74 Å². The van der Waals surface area contributed by atoms with E-state index in [0.717, 1.165) is 23.8 Å². The summed E-state index contributed by atoms with van der Waals surface area (Å²) in [5.74, 6) is 1.74. The molecule has 3 unspecified atom stereocenters. The number of alkyl halides is 1. The lowest BCUT2D eigenvalue weighted by Crippen LogP contribution is -2.38. The van der Waals surface area contributed by atoms with E-state index in [2.05, 4.69) is 29.8 Å². The molecule has 0 spiro atoms.